The smallest absolute Gasteiger partial charge is 0.147 e. The van der Waals surface area contributed by atoms with Gasteiger partial charge in [-0.2, -0.15) is 0 Å². The Balaban J connectivity index is 1.81. The lowest BCUT2D eigenvalue weighted by Gasteiger charge is -2.15. The lowest BCUT2D eigenvalue weighted by Crippen LogP contribution is -2.11. The van der Waals surface area contributed by atoms with E-state index < -0.39 is 0 Å². The molecule has 0 saturated carbocycles. The first kappa shape index (κ1) is 15.9. The molecule has 24 heavy (non-hydrogen) atoms. The molecule has 0 aliphatic heterocycles. The molecule has 0 unspecified atom stereocenters. The fraction of sp³-hybridized carbons (Fsp3) is 0.211. The third-order valence-corrected chi connectivity index (χ3v) is 3.82. The normalized spacial score (nSPS) is 10.4. The predicted molar refractivity (Wildman–Crippen MR) is 95.7 cm³/mol. The maximum atomic E-state index is 5.49. The summed E-state index contributed by atoms with van der Waals surface area (Å²) in [6.45, 7) is 1.58. The van der Waals surface area contributed by atoms with Crippen molar-refractivity contribution in [1.82, 2.24) is 9.55 Å². The van der Waals surface area contributed by atoms with Gasteiger partial charge in [0.15, 0.2) is 0 Å². The molecule has 124 valence electrons. The summed E-state index contributed by atoms with van der Waals surface area (Å²) < 4.78 is 13.1. The predicted octanol–water partition coefficient (Wildman–Crippen LogP) is 3.68. The fourth-order valence-electron chi connectivity index (χ4n) is 2.67. The van der Waals surface area contributed by atoms with Crippen LogP contribution in [0, 0.1) is 0 Å². The number of imidazole rings is 1. The SMILES string of the molecule is COc1cccc(OC)c1-c1nccn1CCNc1ccccc1. The molecule has 3 aromatic rings. The van der Waals surface area contributed by atoms with Crippen molar-refractivity contribution >= 4 is 5.69 Å². The van der Waals surface area contributed by atoms with Crippen LogP contribution in [0.3, 0.4) is 0 Å². The van der Waals surface area contributed by atoms with Gasteiger partial charge in [0.1, 0.15) is 22.9 Å². The van der Waals surface area contributed by atoms with Gasteiger partial charge in [-0.3, -0.25) is 0 Å². The number of hydrogen-bond donors (Lipinski definition) is 1. The van der Waals surface area contributed by atoms with Crippen molar-refractivity contribution < 1.29 is 9.47 Å². The Hall–Kier alpha value is -2.95. The standard InChI is InChI=1S/C19H21N3O2/c1-23-16-9-6-10-17(24-2)18(16)19-21-12-14-22(19)13-11-20-15-7-4-3-5-8-15/h3-10,12,14,20H,11,13H2,1-2H3. The molecule has 0 fully saturated rings. The number of aromatic nitrogens is 2. The van der Waals surface area contributed by atoms with E-state index in [0.29, 0.717) is 0 Å². The Morgan fingerprint density at radius 1 is 0.958 bits per heavy atom. The molecule has 0 spiro atoms. The van der Waals surface area contributed by atoms with Crippen LogP contribution in [0.4, 0.5) is 5.69 Å². The molecule has 0 amide bonds. The number of anilines is 1. The van der Waals surface area contributed by atoms with E-state index >= 15 is 0 Å². The van der Waals surface area contributed by atoms with Gasteiger partial charge in [0.25, 0.3) is 0 Å². The molecule has 1 aromatic heterocycles. The summed E-state index contributed by atoms with van der Waals surface area (Å²) >= 11 is 0. The van der Waals surface area contributed by atoms with Crippen molar-refractivity contribution in [2.45, 2.75) is 6.54 Å². The van der Waals surface area contributed by atoms with E-state index in [1.165, 1.54) is 0 Å². The van der Waals surface area contributed by atoms with Gasteiger partial charge in [0.2, 0.25) is 0 Å². The number of rotatable bonds is 7. The number of ether oxygens (including phenoxy) is 2. The summed E-state index contributed by atoms with van der Waals surface area (Å²) in [6, 6.07) is 15.9. The molecular weight excluding hydrogens is 302 g/mol. The zero-order valence-electron chi connectivity index (χ0n) is 13.9. The first-order valence-electron chi connectivity index (χ1n) is 7.85. The molecule has 2 aromatic carbocycles. The number of hydrogen-bond acceptors (Lipinski definition) is 4. The lowest BCUT2D eigenvalue weighted by molar-refractivity contribution is 0.396. The molecule has 0 saturated heterocycles. The second kappa shape index (κ2) is 7.55. The van der Waals surface area contributed by atoms with E-state index in [1.807, 2.05) is 42.6 Å². The molecule has 5 nitrogen and oxygen atoms in total. The Morgan fingerprint density at radius 2 is 1.67 bits per heavy atom. The van der Waals surface area contributed by atoms with Crippen LogP contribution in [0.25, 0.3) is 11.4 Å². The van der Waals surface area contributed by atoms with Gasteiger partial charge in [0, 0.05) is 31.2 Å². The van der Waals surface area contributed by atoms with E-state index in [4.69, 9.17) is 9.47 Å². The number of para-hydroxylation sites is 1. The summed E-state index contributed by atoms with van der Waals surface area (Å²) in [5, 5.41) is 3.41. The van der Waals surface area contributed by atoms with Gasteiger partial charge >= 0.3 is 0 Å². The van der Waals surface area contributed by atoms with Gasteiger partial charge in [-0.25, -0.2) is 4.98 Å². The molecule has 0 radical (unpaired) electrons. The first-order valence-corrected chi connectivity index (χ1v) is 7.85. The van der Waals surface area contributed by atoms with Crippen LogP contribution in [0.1, 0.15) is 0 Å². The Bertz CT molecular complexity index is 762. The Labute approximate surface area is 141 Å². The van der Waals surface area contributed by atoms with Crippen LogP contribution in [0.15, 0.2) is 60.9 Å². The van der Waals surface area contributed by atoms with Crippen molar-refractivity contribution in [2.24, 2.45) is 0 Å². The first-order chi connectivity index (χ1) is 11.8. The van der Waals surface area contributed by atoms with Crippen LogP contribution in [0.5, 0.6) is 11.5 Å². The van der Waals surface area contributed by atoms with Crippen LogP contribution in [-0.4, -0.2) is 30.3 Å². The minimum atomic E-state index is 0.748. The average Bonchev–Trinajstić information content (AvgIpc) is 3.10. The molecule has 3 rings (SSSR count). The van der Waals surface area contributed by atoms with Gasteiger partial charge in [0.05, 0.1) is 14.2 Å². The lowest BCUT2D eigenvalue weighted by atomic mass is 10.1. The van der Waals surface area contributed by atoms with E-state index in [9.17, 15) is 0 Å². The maximum Gasteiger partial charge on any atom is 0.147 e. The van der Waals surface area contributed by atoms with Gasteiger partial charge in [-0.1, -0.05) is 24.3 Å². The monoisotopic (exact) mass is 323 g/mol. The molecule has 1 heterocycles. The van der Waals surface area contributed by atoms with E-state index in [2.05, 4.69) is 27.0 Å². The summed E-state index contributed by atoms with van der Waals surface area (Å²) in [7, 11) is 3.31. The number of benzene rings is 2. The van der Waals surface area contributed by atoms with Crippen LogP contribution in [0.2, 0.25) is 0 Å². The van der Waals surface area contributed by atoms with Gasteiger partial charge in [-0.15, -0.1) is 0 Å². The third-order valence-electron chi connectivity index (χ3n) is 3.82. The average molecular weight is 323 g/mol. The highest BCUT2D eigenvalue weighted by Crippen LogP contribution is 2.37. The van der Waals surface area contributed by atoms with Crippen LogP contribution in [-0.2, 0) is 6.54 Å². The number of nitrogens with zero attached hydrogens (tertiary/aromatic N) is 2. The molecule has 0 bridgehead atoms. The quantitative estimate of drug-likeness (QED) is 0.720. The van der Waals surface area contributed by atoms with Crippen molar-refractivity contribution in [1.29, 1.82) is 0 Å². The summed E-state index contributed by atoms with van der Waals surface area (Å²) in [4.78, 5) is 4.50. The highest BCUT2D eigenvalue weighted by Gasteiger charge is 2.16. The Morgan fingerprint density at radius 3 is 2.33 bits per heavy atom. The van der Waals surface area contributed by atoms with Gasteiger partial charge < -0.3 is 19.4 Å². The second-order valence-corrected chi connectivity index (χ2v) is 5.27. The van der Waals surface area contributed by atoms with Crippen molar-refractivity contribution in [2.75, 3.05) is 26.1 Å². The molecule has 0 atom stereocenters. The minimum Gasteiger partial charge on any atom is -0.496 e. The largest absolute Gasteiger partial charge is 0.496 e. The molecule has 1 N–H and O–H groups in total. The molecule has 0 aliphatic rings. The van der Waals surface area contributed by atoms with Crippen molar-refractivity contribution in [3.05, 3.63) is 60.9 Å². The zero-order valence-corrected chi connectivity index (χ0v) is 13.9. The third kappa shape index (κ3) is 3.35. The number of methoxy groups -OCH3 is 2. The highest BCUT2D eigenvalue weighted by atomic mass is 16.5. The van der Waals surface area contributed by atoms with E-state index in [1.54, 1.807) is 20.4 Å². The fourth-order valence-corrected chi connectivity index (χ4v) is 2.67. The highest BCUT2D eigenvalue weighted by molar-refractivity contribution is 5.72. The van der Waals surface area contributed by atoms with E-state index in [0.717, 1.165) is 41.7 Å². The maximum absolute atomic E-state index is 5.49. The Kier molecular flexibility index (Phi) is 5.01. The molecule has 5 heteroatoms. The summed E-state index contributed by atoms with van der Waals surface area (Å²) in [5.74, 6) is 2.33. The number of nitrogens with one attached hydrogen (secondary N) is 1. The topological polar surface area (TPSA) is 48.3 Å². The van der Waals surface area contributed by atoms with Crippen LogP contribution < -0.4 is 14.8 Å². The zero-order chi connectivity index (χ0) is 16.8. The summed E-state index contributed by atoms with van der Waals surface area (Å²) in [6.07, 6.45) is 3.76. The summed E-state index contributed by atoms with van der Waals surface area (Å²) in [5.41, 5.74) is 1.97. The second-order valence-electron chi connectivity index (χ2n) is 5.27. The molecule has 0 aliphatic carbocycles. The van der Waals surface area contributed by atoms with Crippen molar-refractivity contribution in [3.63, 3.8) is 0 Å². The van der Waals surface area contributed by atoms with Crippen molar-refractivity contribution in [3.8, 4) is 22.9 Å². The van der Waals surface area contributed by atoms with Gasteiger partial charge in [-0.05, 0) is 24.3 Å². The minimum absolute atomic E-state index is 0.748. The molecular formula is C19H21N3O2. The van der Waals surface area contributed by atoms with Crippen LogP contribution >= 0.6 is 0 Å². The van der Waals surface area contributed by atoms with E-state index in [-0.39, 0.29) is 0 Å².